The summed E-state index contributed by atoms with van der Waals surface area (Å²) < 4.78 is 11.9. The molecule has 1 aromatic heterocycles. The van der Waals surface area contributed by atoms with Gasteiger partial charge in [-0.05, 0) is 65.9 Å². The molecule has 37 heavy (non-hydrogen) atoms. The van der Waals surface area contributed by atoms with Crippen molar-refractivity contribution in [2.75, 3.05) is 20.7 Å². The second-order valence-corrected chi connectivity index (χ2v) is 8.60. The van der Waals surface area contributed by atoms with Crippen molar-refractivity contribution in [3.05, 3.63) is 77.6 Å². The Labute approximate surface area is 215 Å². The third kappa shape index (κ3) is 8.06. The van der Waals surface area contributed by atoms with Gasteiger partial charge in [-0.25, -0.2) is 0 Å². The first-order valence-corrected chi connectivity index (χ1v) is 11.8. The maximum atomic E-state index is 12.7. The van der Waals surface area contributed by atoms with E-state index in [1.165, 1.54) is 4.90 Å². The van der Waals surface area contributed by atoms with Gasteiger partial charge in [0.2, 0.25) is 0 Å². The molecule has 1 heterocycles. The van der Waals surface area contributed by atoms with Crippen molar-refractivity contribution in [1.82, 2.24) is 9.88 Å². The van der Waals surface area contributed by atoms with Crippen molar-refractivity contribution in [2.45, 2.75) is 32.3 Å². The molecular formula is C28H30N2O7. The molecule has 0 aliphatic carbocycles. The fraction of sp³-hybridized carbons (Fsp3) is 0.286. The highest BCUT2D eigenvalue weighted by Gasteiger charge is 2.15. The minimum absolute atomic E-state index is 0.0188. The van der Waals surface area contributed by atoms with E-state index in [0.717, 1.165) is 16.7 Å². The van der Waals surface area contributed by atoms with Crippen molar-refractivity contribution < 1.29 is 34.1 Å². The molecule has 0 saturated heterocycles. The van der Waals surface area contributed by atoms with E-state index >= 15 is 0 Å². The highest BCUT2D eigenvalue weighted by molar-refractivity contribution is 5.95. The summed E-state index contributed by atoms with van der Waals surface area (Å²) in [6.45, 7) is 0.317. The zero-order chi connectivity index (χ0) is 26.8. The van der Waals surface area contributed by atoms with Gasteiger partial charge < -0.3 is 24.6 Å². The number of amides is 1. The van der Waals surface area contributed by atoms with Crippen LogP contribution >= 0.6 is 0 Å². The molecule has 0 aliphatic heterocycles. The van der Waals surface area contributed by atoms with Gasteiger partial charge in [0.15, 0.2) is 0 Å². The van der Waals surface area contributed by atoms with Crippen molar-refractivity contribution in [3.63, 3.8) is 0 Å². The molecule has 0 unspecified atom stereocenters. The number of carbonyl (C=O) groups is 3. The number of hydrogen-bond acceptors (Lipinski definition) is 6. The van der Waals surface area contributed by atoms with Gasteiger partial charge in [0.05, 0.1) is 6.61 Å². The minimum Gasteiger partial charge on any atom is -0.493 e. The number of hydrogen-bond donors (Lipinski definition) is 2. The van der Waals surface area contributed by atoms with Gasteiger partial charge in [0, 0.05) is 50.5 Å². The van der Waals surface area contributed by atoms with Crippen molar-refractivity contribution in [1.29, 1.82) is 0 Å². The van der Waals surface area contributed by atoms with Crippen molar-refractivity contribution in [3.8, 4) is 22.6 Å². The van der Waals surface area contributed by atoms with E-state index < -0.39 is 11.9 Å². The summed E-state index contributed by atoms with van der Waals surface area (Å²) in [5, 5.41) is 18.1. The summed E-state index contributed by atoms with van der Waals surface area (Å²) in [5.41, 5.74) is 3.58. The fourth-order valence-electron chi connectivity index (χ4n) is 3.74. The van der Waals surface area contributed by atoms with Crippen LogP contribution in [0.1, 0.15) is 40.7 Å². The summed E-state index contributed by atoms with van der Waals surface area (Å²) in [4.78, 5) is 40.3. The number of ether oxygens (including phenoxy) is 2. The topological polar surface area (TPSA) is 126 Å². The molecule has 0 aliphatic rings. The molecule has 0 bridgehead atoms. The van der Waals surface area contributed by atoms with Crippen LogP contribution in [0.15, 0.2) is 60.9 Å². The lowest BCUT2D eigenvalue weighted by atomic mass is 10.0. The first-order valence-electron chi connectivity index (χ1n) is 11.8. The molecule has 9 heteroatoms. The number of carbonyl (C=O) groups excluding carboxylic acids is 1. The van der Waals surface area contributed by atoms with E-state index in [2.05, 4.69) is 4.98 Å². The predicted octanol–water partition coefficient (Wildman–Crippen LogP) is 4.29. The quantitative estimate of drug-likeness (QED) is 0.329. The number of aliphatic carboxylic acids is 2. The Kier molecular flexibility index (Phi) is 9.60. The molecule has 0 atom stereocenters. The van der Waals surface area contributed by atoms with Crippen LogP contribution in [0.25, 0.3) is 11.1 Å². The average Bonchev–Trinajstić information content (AvgIpc) is 2.88. The number of benzene rings is 2. The lowest BCUT2D eigenvalue weighted by Crippen LogP contribution is -2.21. The van der Waals surface area contributed by atoms with Crippen molar-refractivity contribution in [2.24, 2.45) is 0 Å². The summed E-state index contributed by atoms with van der Waals surface area (Å²) >= 11 is 0. The SMILES string of the molecule is CN(C)C(=O)c1cc(OCc2cccc(OCCCC(=O)O)c2CCC(=O)O)cc(-c2ccncc2)c1. The Morgan fingerprint density at radius 1 is 0.892 bits per heavy atom. The molecule has 2 aromatic carbocycles. The number of nitrogens with zero attached hydrogens (tertiary/aromatic N) is 2. The third-order valence-electron chi connectivity index (χ3n) is 5.58. The molecule has 0 fully saturated rings. The molecule has 9 nitrogen and oxygen atoms in total. The lowest BCUT2D eigenvalue weighted by molar-refractivity contribution is -0.138. The normalized spacial score (nSPS) is 10.5. The van der Waals surface area contributed by atoms with Crippen LogP contribution in [-0.2, 0) is 22.6 Å². The van der Waals surface area contributed by atoms with Gasteiger partial charge in [-0.2, -0.15) is 0 Å². The van der Waals surface area contributed by atoms with Crippen LogP contribution in [-0.4, -0.2) is 58.6 Å². The number of carboxylic acid groups (broad SMARTS) is 2. The number of rotatable bonds is 13. The highest BCUT2D eigenvalue weighted by atomic mass is 16.5. The third-order valence-corrected chi connectivity index (χ3v) is 5.58. The minimum atomic E-state index is -0.940. The highest BCUT2D eigenvalue weighted by Crippen LogP contribution is 2.29. The maximum Gasteiger partial charge on any atom is 0.303 e. The smallest absolute Gasteiger partial charge is 0.303 e. The standard InChI is InChI=1S/C28H30N2O7/c1-30(2)28(35)22-15-21(19-10-12-29-13-11-19)16-23(17-22)37-18-20-5-3-6-25(24(20)8-9-27(33)34)36-14-4-7-26(31)32/h3,5-6,10-13,15-17H,4,7-9,14,18H2,1-2H3,(H,31,32)(H,33,34). The summed E-state index contributed by atoms with van der Waals surface area (Å²) in [7, 11) is 3.36. The van der Waals surface area contributed by atoms with Gasteiger partial charge in [-0.3, -0.25) is 19.4 Å². The van der Waals surface area contributed by atoms with E-state index in [1.54, 1.807) is 50.8 Å². The molecule has 3 aromatic rings. The van der Waals surface area contributed by atoms with Crippen LogP contribution in [0.2, 0.25) is 0 Å². The first kappa shape index (κ1) is 27.2. The molecule has 194 valence electrons. The summed E-state index contributed by atoms with van der Waals surface area (Å²) in [5.74, 6) is -1.03. The molecule has 3 rings (SSSR count). The van der Waals surface area contributed by atoms with Crippen LogP contribution in [0, 0.1) is 0 Å². The van der Waals surface area contributed by atoms with Gasteiger partial charge in [0.1, 0.15) is 18.1 Å². The summed E-state index contributed by atoms with van der Waals surface area (Å²) in [6, 6.07) is 14.4. The molecule has 0 saturated carbocycles. The first-order chi connectivity index (χ1) is 17.7. The Bertz CT molecular complexity index is 1240. The average molecular weight is 507 g/mol. The largest absolute Gasteiger partial charge is 0.493 e. The van der Waals surface area contributed by atoms with Gasteiger partial charge in [-0.15, -0.1) is 0 Å². The van der Waals surface area contributed by atoms with Crippen LogP contribution in [0.3, 0.4) is 0 Å². The van der Waals surface area contributed by atoms with Gasteiger partial charge in [0.25, 0.3) is 5.91 Å². The maximum absolute atomic E-state index is 12.7. The Morgan fingerprint density at radius 3 is 2.30 bits per heavy atom. The number of pyridine rings is 1. The predicted molar refractivity (Wildman–Crippen MR) is 137 cm³/mol. The van der Waals surface area contributed by atoms with Crippen LogP contribution in [0.5, 0.6) is 11.5 Å². The number of aromatic nitrogens is 1. The fourth-order valence-corrected chi connectivity index (χ4v) is 3.74. The van der Waals surface area contributed by atoms with E-state index in [-0.39, 0.29) is 38.4 Å². The number of carboxylic acids is 2. The van der Waals surface area contributed by atoms with E-state index in [0.29, 0.717) is 29.0 Å². The molecule has 0 spiro atoms. The molecule has 2 N–H and O–H groups in total. The van der Waals surface area contributed by atoms with E-state index in [9.17, 15) is 19.5 Å². The second-order valence-electron chi connectivity index (χ2n) is 8.60. The molecule has 1 amide bonds. The zero-order valence-electron chi connectivity index (χ0n) is 20.8. The molecular weight excluding hydrogens is 476 g/mol. The zero-order valence-corrected chi connectivity index (χ0v) is 20.8. The van der Waals surface area contributed by atoms with E-state index in [4.69, 9.17) is 14.6 Å². The molecule has 0 radical (unpaired) electrons. The van der Waals surface area contributed by atoms with Crippen LogP contribution < -0.4 is 9.47 Å². The Morgan fingerprint density at radius 2 is 1.62 bits per heavy atom. The monoisotopic (exact) mass is 506 g/mol. The Balaban J connectivity index is 1.88. The van der Waals surface area contributed by atoms with Crippen molar-refractivity contribution >= 4 is 17.8 Å². The summed E-state index contributed by atoms with van der Waals surface area (Å²) in [6.07, 6.45) is 3.79. The Hall–Kier alpha value is -4.40. The van der Waals surface area contributed by atoms with Gasteiger partial charge in [-0.1, -0.05) is 12.1 Å². The van der Waals surface area contributed by atoms with Gasteiger partial charge >= 0.3 is 11.9 Å². The van der Waals surface area contributed by atoms with E-state index in [1.807, 2.05) is 24.3 Å². The van der Waals surface area contributed by atoms with Crippen LogP contribution in [0.4, 0.5) is 0 Å². The second kappa shape index (κ2) is 13.1. The lowest BCUT2D eigenvalue weighted by Gasteiger charge is -2.17.